The minimum atomic E-state index is -3.43. The Bertz CT molecular complexity index is 681. The van der Waals surface area contributed by atoms with Crippen LogP contribution in [0.2, 0.25) is 0 Å². The molecule has 2 N–H and O–H groups in total. The summed E-state index contributed by atoms with van der Waals surface area (Å²) in [6, 6.07) is 15.7. The fourth-order valence-corrected chi connectivity index (χ4v) is 3.74. The van der Waals surface area contributed by atoms with Gasteiger partial charge in [-0.05, 0) is 37.1 Å². The van der Waals surface area contributed by atoms with E-state index >= 15 is 0 Å². The molecular formula is C16H19NO2S. The molecule has 0 aliphatic carbocycles. The quantitative estimate of drug-likeness (QED) is 0.941. The number of hydrogen-bond donors (Lipinski definition) is 1. The Balaban J connectivity index is 2.35. The number of aryl methyl sites for hydroxylation is 1. The molecule has 2 unspecified atom stereocenters. The lowest BCUT2D eigenvalue weighted by Crippen LogP contribution is -2.31. The van der Waals surface area contributed by atoms with E-state index < -0.39 is 21.1 Å². The fourth-order valence-electron chi connectivity index (χ4n) is 2.15. The van der Waals surface area contributed by atoms with Crippen molar-refractivity contribution in [3.05, 3.63) is 65.7 Å². The first-order chi connectivity index (χ1) is 9.43. The summed E-state index contributed by atoms with van der Waals surface area (Å²) in [5, 5.41) is -0.674. The van der Waals surface area contributed by atoms with E-state index in [1.54, 1.807) is 25.1 Å². The second-order valence-electron chi connectivity index (χ2n) is 5.00. The monoisotopic (exact) mass is 289 g/mol. The molecule has 0 fully saturated rings. The molecule has 2 aromatic carbocycles. The van der Waals surface area contributed by atoms with Gasteiger partial charge in [0.05, 0.1) is 10.1 Å². The zero-order chi connectivity index (χ0) is 14.8. The first-order valence-electron chi connectivity index (χ1n) is 6.54. The maximum atomic E-state index is 12.6. The van der Waals surface area contributed by atoms with Crippen LogP contribution in [0.1, 0.15) is 24.1 Å². The molecular weight excluding hydrogens is 270 g/mol. The van der Waals surface area contributed by atoms with Crippen LogP contribution in [-0.4, -0.2) is 13.7 Å². The van der Waals surface area contributed by atoms with Crippen molar-refractivity contribution in [2.75, 3.05) is 0 Å². The van der Waals surface area contributed by atoms with Crippen LogP contribution in [0.3, 0.4) is 0 Å². The van der Waals surface area contributed by atoms with E-state index in [4.69, 9.17) is 5.73 Å². The molecule has 2 atom stereocenters. The van der Waals surface area contributed by atoms with E-state index in [-0.39, 0.29) is 0 Å². The van der Waals surface area contributed by atoms with Crippen LogP contribution in [0.4, 0.5) is 0 Å². The van der Waals surface area contributed by atoms with Gasteiger partial charge in [0, 0.05) is 6.04 Å². The van der Waals surface area contributed by atoms with Gasteiger partial charge in [-0.2, -0.15) is 0 Å². The third-order valence-corrected chi connectivity index (χ3v) is 5.68. The molecule has 0 saturated heterocycles. The summed E-state index contributed by atoms with van der Waals surface area (Å²) in [7, 11) is -3.43. The van der Waals surface area contributed by atoms with Gasteiger partial charge in [-0.25, -0.2) is 8.42 Å². The summed E-state index contributed by atoms with van der Waals surface area (Å²) in [6.07, 6.45) is 0. The van der Waals surface area contributed by atoms with E-state index in [0.29, 0.717) is 4.90 Å². The summed E-state index contributed by atoms with van der Waals surface area (Å²) in [6.45, 7) is 3.54. The maximum Gasteiger partial charge on any atom is 0.182 e. The van der Waals surface area contributed by atoms with Crippen molar-refractivity contribution < 1.29 is 8.42 Å². The van der Waals surface area contributed by atoms with Crippen molar-refractivity contribution >= 4 is 9.84 Å². The van der Waals surface area contributed by atoms with E-state index in [9.17, 15) is 8.42 Å². The first kappa shape index (κ1) is 14.8. The summed E-state index contributed by atoms with van der Waals surface area (Å²) >= 11 is 0. The number of benzene rings is 2. The van der Waals surface area contributed by atoms with Crippen LogP contribution < -0.4 is 5.73 Å². The highest BCUT2D eigenvalue weighted by molar-refractivity contribution is 7.92. The fraction of sp³-hybridized carbons (Fsp3) is 0.250. The largest absolute Gasteiger partial charge is 0.323 e. The minimum absolute atomic E-state index is 0.330. The minimum Gasteiger partial charge on any atom is -0.323 e. The molecule has 0 amide bonds. The predicted molar refractivity (Wildman–Crippen MR) is 81.2 cm³/mol. The van der Waals surface area contributed by atoms with Gasteiger partial charge in [-0.15, -0.1) is 0 Å². The molecule has 0 radical (unpaired) electrons. The number of rotatable bonds is 4. The van der Waals surface area contributed by atoms with E-state index in [2.05, 4.69) is 0 Å². The topological polar surface area (TPSA) is 60.2 Å². The molecule has 0 heterocycles. The van der Waals surface area contributed by atoms with Crippen molar-refractivity contribution in [2.24, 2.45) is 5.73 Å². The van der Waals surface area contributed by atoms with Gasteiger partial charge in [-0.3, -0.25) is 0 Å². The van der Waals surface area contributed by atoms with Gasteiger partial charge in [0.15, 0.2) is 9.84 Å². The smallest absolute Gasteiger partial charge is 0.182 e. The van der Waals surface area contributed by atoms with Gasteiger partial charge in [0.25, 0.3) is 0 Å². The first-order valence-corrected chi connectivity index (χ1v) is 8.08. The summed E-state index contributed by atoms with van der Waals surface area (Å²) in [4.78, 5) is 0.330. The molecule has 0 saturated carbocycles. The molecule has 0 bridgehead atoms. The molecule has 2 aromatic rings. The van der Waals surface area contributed by atoms with Gasteiger partial charge < -0.3 is 5.73 Å². The Hall–Kier alpha value is -1.65. The maximum absolute atomic E-state index is 12.6. The second-order valence-corrected chi connectivity index (χ2v) is 7.31. The summed E-state index contributed by atoms with van der Waals surface area (Å²) in [5.41, 5.74) is 7.87. The lowest BCUT2D eigenvalue weighted by Gasteiger charge is -2.21. The average molecular weight is 289 g/mol. The standard InChI is InChI=1S/C16H19NO2S/c1-12-7-6-10-15(11-12)20(18,19)13(2)16(17)14-8-4-3-5-9-14/h3-11,13,16H,17H2,1-2H3. The third-order valence-electron chi connectivity index (χ3n) is 3.50. The SMILES string of the molecule is Cc1cccc(S(=O)(=O)C(C)C(N)c2ccccc2)c1. The Morgan fingerprint density at radius 2 is 1.65 bits per heavy atom. The van der Waals surface area contributed by atoms with Gasteiger partial charge in [0.1, 0.15) is 0 Å². The van der Waals surface area contributed by atoms with Crippen molar-refractivity contribution in [1.29, 1.82) is 0 Å². The number of nitrogens with two attached hydrogens (primary N) is 1. The lowest BCUT2D eigenvalue weighted by atomic mass is 10.1. The number of sulfone groups is 1. The highest BCUT2D eigenvalue weighted by Gasteiger charge is 2.29. The van der Waals surface area contributed by atoms with Crippen molar-refractivity contribution in [3.63, 3.8) is 0 Å². The Morgan fingerprint density at radius 3 is 2.25 bits per heavy atom. The van der Waals surface area contributed by atoms with E-state index in [1.807, 2.05) is 43.3 Å². The van der Waals surface area contributed by atoms with Gasteiger partial charge in [0.2, 0.25) is 0 Å². The molecule has 2 rings (SSSR count). The van der Waals surface area contributed by atoms with Crippen LogP contribution in [0, 0.1) is 6.92 Å². The Morgan fingerprint density at radius 1 is 1.00 bits per heavy atom. The number of hydrogen-bond acceptors (Lipinski definition) is 3. The highest BCUT2D eigenvalue weighted by atomic mass is 32.2. The van der Waals surface area contributed by atoms with Crippen molar-refractivity contribution in [1.82, 2.24) is 0 Å². The average Bonchev–Trinajstić information content (AvgIpc) is 2.46. The molecule has 0 aromatic heterocycles. The molecule has 0 aliphatic heterocycles. The Labute approximate surface area is 120 Å². The normalized spacial score (nSPS) is 14.8. The van der Waals surface area contributed by atoms with E-state index in [1.165, 1.54) is 0 Å². The van der Waals surface area contributed by atoms with E-state index in [0.717, 1.165) is 11.1 Å². The summed E-state index contributed by atoms with van der Waals surface area (Å²) < 4.78 is 25.2. The molecule has 4 heteroatoms. The third kappa shape index (κ3) is 2.92. The molecule has 20 heavy (non-hydrogen) atoms. The zero-order valence-corrected chi connectivity index (χ0v) is 12.5. The molecule has 3 nitrogen and oxygen atoms in total. The predicted octanol–water partition coefficient (Wildman–Crippen LogP) is 2.86. The second kappa shape index (κ2) is 5.77. The summed E-state index contributed by atoms with van der Waals surface area (Å²) in [5.74, 6) is 0. The lowest BCUT2D eigenvalue weighted by molar-refractivity contribution is 0.565. The van der Waals surface area contributed by atoms with Crippen LogP contribution in [0.25, 0.3) is 0 Å². The van der Waals surface area contributed by atoms with Gasteiger partial charge in [-0.1, -0.05) is 42.5 Å². The Kier molecular flexibility index (Phi) is 4.26. The highest BCUT2D eigenvalue weighted by Crippen LogP contribution is 2.25. The van der Waals surface area contributed by atoms with Crippen LogP contribution in [0.15, 0.2) is 59.5 Å². The molecule has 106 valence electrons. The zero-order valence-electron chi connectivity index (χ0n) is 11.7. The van der Waals surface area contributed by atoms with Gasteiger partial charge >= 0.3 is 0 Å². The molecule has 0 spiro atoms. The van der Waals surface area contributed by atoms with Crippen molar-refractivity contribution in [2.45, 2.75) is 30.0 Å². The molecule has 0 aliphatic rings. The van der Waals surface area contributed by atoms with Crippen LogP contribution in [-0.2, 0) is 9.84 Å². The van der Waals surface area contributed by atoms with Crippen LogP contribution in [0.5, 0.6) is 0 Å². The van der Waals surface area contributed by atoms with Crippen LogP contribution >= 0.6 is 0 Å². The van der Waals surface area contributed by atoms with Crippen molar-refractivity contribution in [3.8, 4) is 0 Å².